The number of rotatable bonds is 7. The standard InChI is InChI=1S/C17H25N3O5S/c1-17(7-8-26(23,24)12-17)19-16(22)11-20(2)10-15(21)18-13-5-4-6-14(9-13)25-3/h4-6,9H,7-8,10-12H2,1-3H3,(H,18,21)(H,19,22)/p+1/t17-/m0/s1. The summed E-state index contributed by atoms with van der Waals surface area (Å²) in [6, 6.07) is 7.02. The van der Waals surface area contributed by atoms with Gasteiger partial charge in [-0.2, -0.15) is 0 Å². The molecule has 0 radical (unpaired) electrons. The minimum Gasteiger partial charge on any atom is -0.497 e. The van der Waals surface area contributed by atoms with E-state index in [1.807, 2.05) is 0 Å². The Morgan fingerprint density at radius 2 is 1.96 bits per heavy atom. The van der Waals surface area contributed by atoms with Crippen molar-refractivity contribution < 1.29 is 27.6 Å². The zero-order valence-electron chi connectivity index (χ0n) is 15.3. The fourth-order valence-corrected chi connectivity index (χ4v) is 5.10. The summed E-state index contributed by atoms with van der Waals surface area (Å²) < 4.78 is 28.3. The smallest absolute Gasteiger partial charge is 0.279 e. The SMILES string of the molecule is COc1cccc(NC(=O)C[NH+](C)CC(=O)N[C@@]2(C)CCS(=O)(=O)C2)c1. The number of carbonyl (C=O) groups excluding carboxylic acids is 2. The number of benzene rings is 1. The summed E-state index contributed by atoms with van der Waals surface area (Å²) in [5.41, 5.74) is -0.103. The Morgan fingerprint density at radius 1 is 1.27 bits per heavy atom. The lowest BCUT2D eigenvalue weighted by atomic mass is 10.0. The van der Waals surface area contributed by atoms with Crippen molar-refractivity contribution in [3.8, 4) is 5.75 Å². The van der Waals surface area contributed by atoms with E-state index in [4.69, 9.17) is 4.74 Å². The first-order valence-electron chi connectivity index (χ1n) is 8.37. The van der Waals surface area contributed by atoms with Gasteiger partial charge in [-0.3, -0.25) is 9.59 Å². The number of sulfone groups is 1. The van der Waals surface area contributed by atoms with Crippen LogP contribution in [0.3, 0.4) is 0 Å². The summed E-state index contributed by atoms with van der Waals surface area (Å²) in [4.78, 5) is 25.0. The highest BCUT2D eigenvalue weighted by Crippen LogP contribution is 2.22. The van der Waals surface area contributed by atoms with E-state index in [2.05, 4.69) is 10.6 Å². The van der Waals surface area contributed by atoms with Gasteiger partial charge in [-0.1, -0.05) is 6.07 Å². The van der Waals surface area contributed by atoms with Gasteiger partial charge in [-0.15, -0.1) is 0 Å². The zero-order chi connectivity index (χ0) is 19.4. The Hall–Kier alpha value is -2.13. The van der Waals surface area contributed by atoms with Gasteiger partial charge in [-0.05, 0) is 25.5 Å². The fraction of sp³-hybridized carbons (Fsp3) is 0.529. The number of hydrogen-bond donors (Lipinski definition) is 3. The molecule has 3 N–H and O–H groups in total. The molecule has 8 nitrogen and oxygen atoms in total. The van der Waals surface area contributed by atoms with Crippen molar-refractivity contribution >= 4 is 27.3 Å². The Morgan fingerprint density at radius 3 is 2.58 bits per heavy atom. The molecule has 144 valence electrons. The molecule has 0 aliphatic carbocycles. The molecule has 1 aromatic rings. The summed E-state index contributed by atoms with van der Waals surface area (Å²) in [7, 11) is 0.200. The van der Waals surface area contributed by atoms with Crippen LogP contribution in [-0.4, -0.2) is 64.5 Å². The first-order chi connectivity index (χ1) is 12.1. The van der Waals surface area contributed by atoms with E-state index in [9.17, 15) is 18.0 Å². The van der Waals surface area contributed by atoms with Gasteiger partial charge in [-0.25, -0.2) is 8.42 Å². The van der Waals surface area contributed by atoms with E-state index in [-0.39, 0.29) is 36.4 Å². The number of quaternary nitrogens is 1. The van der Waals surface area contributed by atoms with E-state index in [1.165, 1.54) is 0 Å². The number of ether oxygens (including phenoxy) is 1. The summed E-state index contributed by atoms with van der Waals surface area (Å²) in [5.74, 6) is 0.202. The van der Waals surface area contributed by atoms with Crippen LogP contribution in [0.15, 0.2) is 24.3 Å². The largest absolute Gasteiger partial charge is 0.497 e. The van der Waals surface area contributed by atoms with Crippen LogP contribution >= 0.6 is 0 Å². The van der Waals surface area contributed by atoms with Crippen LogP contribution in [-0.2, 0) is 19.4 Å². The maximum atomic E-state index is 12.2. The van der Waals surface area contributed by atoms with Crippen molar-refractivity contribution in [3.05, 3.63) is 24.3 Å². The predicted molar refractivity (Wildman–Crippen MR) is 98.1 cm³/mol. The molecule has 1 aliphatic heterocycles. The second-order valence-electron chi connectivity index (χ2n) is 7.04. The van der Waals surface area contributed by atoms with Crippen molar-refractivity contribution in [1.29, 1.82) is 0 Å². The van der Waals surface area contributed by atoms with E-state index in [0.29, 0.717) is 22.8 Å². The van der Waals surface area contributed by atoms with E-state index in [1.54, 1.807) is 45.3 Å². The Bertz CT molecular complexity index is 780. The molecule has 1 aromatic carbocycles. The third kappa shape index (κ3) is 5.99. The Kier molecular flexibility index (Phi) is 6.25. The number of carbonyl (C=O) groups is 2. The van der Waals surface area contributed by atoms with Gasteiger partial charge in [0.05, 0.1) is 31.2 Å². The number of likely N-dealkylation sites (N-methyl/N-ethyl adjacent to an activating group) is 1. The van der Waals surface area contributed by atoms with Crippen molar-refractivity contribution in [2.45, 2.75) is 18.9 Å². The molecular formula is C17H26N3O5S+. The molecule has 1 heterocycles. The van der Waals surface area contributed by atoms with Crippen LogP contribution in [0.5, 0.6) is 5.75 Å². The maximum absolute atomic E-state index is 12.2. The van der Waals surface area contributed by atoms with Crippen LogP contribution < -0.4 is 20.3 Å². The van der Waals surface area contributed by atoms with Crippen molar-refractivity contribution in [1.82, 2.24) is 5.32 Å². The molecule has 0 saturated carbocycles. The fourth-order valence-electron chi connectivity index (χ4n) is 3.01. The molecule has 2 amide bonds. The molecule has 9 heteroatoms. The summed E-state index contributed by atoms with van der Waals surface area (Å²) in [6.45, 7) is 1.93. The Labute approximate surface area is 153 Å². The first-order valence-corrected chi connectivity index (χ1v) is 10.2. The summed E-state index contributed by atoms with van der Waals surface area (Å²) in [6.07, 6.45) is 0.413. The van der Waals surface area contributed by atoms with Crippen LogP contribution in [0.25, 0.3) is 0 Å². The second kappa shape index (κ2) is 8.05. The number of amides is 2. The highest BCUT2D eigenvalue weighted by Gasteiger charge is 2.39. The third-order valence-corrected chi connectivity index (χ3v) is 6.13. The molecule has 0 bridgehead atoms. The second-order valence-corrected chi connectivity index (χ2v) is 9.23. The third-order valence-electron chi connectivity index (χ3n) is 4.22. The molecule has 2 rings (SSSR count). The van der Waals surface area contributed by atoms with E-state index < -0.39 is 15.4 Å². The molecular weight excluding hydrogens is 358 g/mol. The molecule has 1 fully saturated rings. The summed E-state index contributed by atoms with van der Waals surface area (Å²) in [5, 5.41) is 5.55. The van der Waals surface area contributed by atoms with Gasteiger partial charge >= 0.3 is 0 Å². The number of methoxy groups -OCH3 is 1. The monoisotopic (exact) mass is 384 g/mol. The average Bonchev–Trinajstić information content (AvgIpc) is 2.79. The molecule has 1 saturated heterocycles. The van der Waals surface area contributed by atoms with Gasteiger partial charge < -0.3 is 20.3 Å². The van der Waals surface area contributed by atoms with Gasteiger partial charge in [0, 0.05) is 11.8 Å². The van der Waals surface area contributed by atoms with Gasteiger partial charge in [0.15, 0.2) is 22.9 Å². The number of nitrogens with one attached hydrogen (secondary N) is 3. The van der Waals surface area contributed by atoms with Crippen molar-refractivity contribution in [3.63, 3.8) is 0 Å². The maximum Gasteiger partial charge on any atom is 0.279 e. The van der Waals surface area contributed by atoms with Crippen molar-refractivity contribution in [2.75, 3.05) is 44.1 Å². The molecule has 0 aromatic heterocycles. The van der Waals surface area contributed by atoms with E-state index in [0.717, 1.165) is 0 Å². The van der Waals surface area contributed by atoms with Crippen LogP contribution in [0.1, 0.15) is 13.3 Å². The van der Waals surface area contributed by atoms with Crippen LogP contribution in [0.4, 0.5) is 5.69 Å². The van der Waals surface area contributed by atoms with Crippen LogP contribution in [0.2, 0.25) is 0 Å². The highest BCUT2D eigenvalue weighted by atomic mass is 32.2. The first kappa shape index (κ1) is 20.2. The van der Waals surface area contributed by atoms with Gasteiger partial charge in [0.25, 0.3) is 11.8 Å². The topological polar surface area (TPSA) is 106 Å². The lowest BCUT2D eigenvalue weighted by molar-refractivity contribution is -0.862. The minimum absolute atomic E-state index is 0.0406. The molecule has 2 atom stereocenters. The zero-order valence-corrected chi connectivity index (χ0v) is 16.1. The summed E-state index contributed by atoms with van der Waals surface area (Å²) >= 11 is 0. The Balaban J connectivity index is 1.81. The lowest BCUT2D eigenvalue weighted by Crippen LogP contribution is -3.11. The lowest BCUT2D eigenvalue weighted by Gasteiger charge is -2.24. The van der Waals surface area contributed by atoms with Crippen molar-refractivity contribution in [2.24, 2.45) is 0 Å². The molecule has 1 unspecified atom stereocenters. The van der Waals surface area contributed by atoms with Gasteiger partial charge in [0.1, 0.15) is 5.75 Å². The predicted octanol–water partition coefficient (Wildman–Crippen LogP) is -1.16. The molecule has 0 spiro atoms. The molecule has 1 aliphatic rings. The number of hydrogen-bond acceptors (Lipinski definition) is 5. The highest BCUT2D eigenvalue weighted by molar-refractivity contribution is 7.91. The minimum atomic E-state index is -3.08. The number of anilines is 1. The quantitative estimate of drug-likeness (QED) is 0.550. The van der Waals surface area contributed by atoms with E-state index >= 15 is 0 Å². The van der Waals surface area contributed by atoms with Gasteiger partial charge in [0.2, 0.25) is 0 Å². The average molecular weight is 384 g/mol. The molecule has 26 heavy (non-hydrogen) atoms. The van der Waals surface area contributed by atoms with Crippen LogP contribution in [0, 0.1) is 0 Å². The normalized spacial score (nSPS) is 22.4.